The van der Waals surface area contributed by atoms with Crippen LogP contribution in [0.15, 0.2) is 140 Å². The number of phenolic OH excluding ortho intramolecular Hbond substituents is 1. The Balaban J connectivity index is 1.34. The van der Waals surface area contributed by atoms with Gasteiger partial charge in [0.05, 0.1) is 22.3 Å². The Morgan fingerprint density at radius 3 is 2.02 bits per heavy atom. The quantitative estimate of drug-likeness (QED) is 0.181. The lowest BCUT2D eigenvalue weighted by Crippen LogP contribution is -2.02. The molecule has 1 unspecified atom stereocenters. The van der Waals surface area contributed by atoms with E-state index in [-0.39, 0.29) is 11.7 Å². The molecule has 53 heavy (non-hydrogen) atoms. The second kappa shape index (κ2) is 13.7. The highest BCUT2D eigenvalue weighted by molar-refractivity contribution is 5.97. The molecular weight excluding hydrogens is 647 g/mol. The first-order valence-electron chi connectivity index (χ1n) is 18.3. The zero-order valence-electron chi connectivity index (χ0n) is 31.1. The minimum absolute atomic E-state index is 0.200. The van der Waals surface area contributed by atoms with Crippen molar-refractivity contribution in [3.05, 3.63) is 179 Å². The lowest BCUT2D eigenvalue weighted by Gasteiger charge is -2.17. The Hall–Kier alpha value is -6.26. The predicted octanol–water partition coefficient (Wildman–Crippen LogP) is 12.5. The molecule has 0 spiro atoms. The summed E-state index contributed by atoms with van der Waals surface area (Å²) in [4.78, 5) is 10.4. The minimum Gasteiger partial charge on any atom is -0.507 e. The molecule has 1 atom stereocenters. The first-order valence-corrected chi connectivity index (χ1v) is 18.3. The van der Waals surface area contributed by atoms with E-state index in [1.165, 1.54) is 27.8 Å². The van der Waals surface area contributed by atoms with Gasteiger partial charge < -0.3 is 5.11 Å². The number of fused-ring (bicyclic) bond motifs is 1. The van der Waals surface area contributed by atoms with Crippen molar-refractivity contribution in [1.82, 2.24) is 14.5 Å². The number of pyridine rings is 1. The standard InChI is InChI=1S/C49H43N3O/c1-30-23-33(4)48(53)44(24-30)49-51-47-40(21-14-22-46(47)52(49)39-20-13-19-38(26-39)35(6)36-15-9-7-10-16-36)42-27-43(32(3)25-31(42)2)45-28-41(34(5)29-50-45)37-17-11-8-12-18-37/h7-29,35,53H,1-6H3. The molecule has 0 aliphatic carbocycles. The van der Waals surface area contributed by atoms with Gasteiger partial charge in [-0.3, -0.25) is 9.55 Å². The number of para-hydroxylation sites is 1. The molecule has 0 radical (unpaired) electrons. The second-order valence-corrected chi connectivity index (χ2v) is 14.4. The van der Waals surface area contributed by atoms with E-state index in [1.807, 2.05) is 31.3 Å². The summed E-state index contributed by atoms with van der Waals surface area (Å²) in [7, 11) is 0. The summed E-state index contributed by atoms with van der Waals surface area (Å²) in [6, 6.07) is 47.1. The molecule has 0 bridgehead atoms. The maximum Gasteiger partial charge on any atom is 0.149 e. The average molecular weight is 690 g/mol. The van der Waals surface area contributed by atoms with Gasteiger partial charge in [-0.1, -0.05) is 104 Å². The van der Waals surface area contributed by atoms with E-state index >= 15 is 0 Å². The van der Waals surface area contributed by atoms with Gasteiger partial charge in [0.1, 0.15) is 11.6 Å². The molecule has 8 rings (SSSR count). The van der Waals surface area contributed by atoms with E-state index in [0.717, 1.165) is 61.4 Å². The zero-order valence-corrected chi connectivity index (χ0v) is 31.1. The van der Waals surface area contributed by atoms with Crippen LogP contribution in [0.1, 0.15) is 51.8 Å². The van der Waals surface area contributed by atoms with Crippen molar-refractivity contribution in [1.29, 1.82) is 0 Å². The number of nitrogens with zero attached hydrogens (tertiary/aromatic N) is 3. The molecule has 0 fully saturated rings. The van der Waals surface area contributed by atoms with E-state index in [1.54, 1.807) is 0 Å². The van der Waals surface area contributed by atoms with Gasteiger partial charge in [0.15, 0.2) is 0 Å². The number of hydrogen-bond donors (Lipinski definition) is 1. The lowest BCUT2D eigenvalue weighted by molar-refractivity contribution is 0.472. The van der Waals surface area contributed by atoms with Crippen LogP contribution in [0.25, 0.3) is 61.6 Å². The van der Waals surface area contributed by atoms with Gasteiger partial charge in [0, 0.05) is 28.9 Å². The molecule has 4 nitrogen and oxygen atoms in total. The van der Waals surface area contributed by atoms with E-state index < -0.39 is 0 Å². The van der Waals surface area contributed by atoms with Crippen molar-refractivity contribution in [3.63, 3.8) is 0 Å². The third-order valence-electron chi connectivity index (χ3n) is 10.6. The number of aromatic hydroxyl groups is 1. The Morgan fingerprint density at radius 2 is 1.25 bits per heavy atom. The van der Waals surface area contributed by atoms with Crippen LogP contribution in [0.4, 0.5) is 0 Å². The fourth-order valence-electron chi connectivity index (χ4n) is 7.77. The number of imidazole rings is 1. The van der Waals surface area contributed by atoms with Gasteiger partial charge in [-0.25, -0.2) is 4.98 Å². The van der Waals surface area contributed by atoms with Crippen molar-refractivity contribution in [3.8, 4) is 56.3 Å². The number of aryl methyl sites for hydroxylation is 5. The normalized spacial score (nSPS) is 12.0. The molecule has 4 heteroatoms. The van der Waals surface area contributed by atoms with Crippen LogP contribution < -0.4 is 0 Å². The molecule has 1 N–H and O–H groups in total. The molecule has 0 aliphatic rings. The van der Waals surface area contributed by atoms with E-state index in [0.29, 0.717) is 11.4 Å². The van der Waals surface area contributed by atoms with Crippen LogP contribution in [-0.4, -0.2) is 19.6 Å². The van der Waals surface area contributed by atoms with Crippen LogP contribution in [0.5, 0.6) is 5.75 Å². The molecule has 260 valence electrons. The highest BCUT2D eigenvalue weighted by atomic mass is 16.3. The Bertz CT molecular complexity index is 2640. The molecule has 6 aromatic carbocycles. The Morgan fingerprint density at radius 1 is 0.547 bits per heavy atom. The minimum atomic E-state index is 0.200. The largest absolute Gasteiger partial charge is 0.507 e. The zero-order chi connectivity index (χ0) is 36.8. The van der Waals surface area contributed by atoms with Gasteiger partial charge in [-0.15, -0.1) is 0 Å². The number of aromatic nitrogens is 3. The summed E-state index contributed by atoms with van der Waals surface area (Å²) in [5.41, 5.74) is 17.9. The number of phenols is 1. The van der Waals surface area contributed by atoms with E-state index in [9.17, 15) is 5.11 Å². The molecule has 8 aromatic rings. The van der Waals surface area contributed by atoms with Crippen LogP contribution in [0, 0.1) is 34.6 Å². The molecular formula is C49H43N3O. The Labute approximate surface area is 312 Å². The number of rotatable bonds is 7. The van der Waals surface area contributed by atoms with Crippen LogP contribution in [-0.2, 0) is 0 Å². The van der Waals surface area contributed by atoms with Crippen LogP contribution >= 0.6 is 0 Å². The maximum atomic E-state index is 11.6. The van der Waals surface area contributed by atoms with Crippen LogP contribution in [0.2, 0.25) is 0 Å². The maximum absolute atomic E-state index is 11.6. The summed E-state index contributed by atoms with van der Waals surface area (Å²) in [5.74, 6) is 1.15. The van der Waals surface area contributed by atoms with Gasteiger partial charge in [0.2, 0.25) is 0 Å². The number of benzene rings is 6. The van der Waals surface area contributed by atoms with Crippen molar-refractivity contribution in [2.75, 3.05) is 0 Å². The Kier molecular flexibility index (Phi) is 8.75. The third-order valence-corrected chi connectivity index (χ3v) is 10.6. The van der Waals surface area contributed by atoms with Gasteiger partial charge in [0.25, 0.3) is 0 Å². The molecule has 2 heterocycles. The summed E-state index contributed by atoms with van der Waals surface area (Å²) in [6.07, 6.45) is 1.98. The fourth-order valence-corrected chi connectivity index (χ4v) is 7.77. The fraction of sp³-hybridized carbons (Fsp3) is 0.143. The van der Waals surface area contributed by atoms with E-state index in [2.05, 4.69) is 154 Å². The van der Waals surface area contributed by atoms with Crippen molar-refractivity contribution in [2.45, 2.75) is 47.5 Å². The third kappa shape index (κ3) is 6.21. The predicted molar refractivity (Wildman–Crippen MR) is 220 cm³/mol. The molecule has 0 saturated carbocycles. The van der Waals surface area contributed by atoms with Gasteiger partial charge in [-0.2, -0.15) is 0 Å². The number of hydrogen-bond acceptors (Lipinski definition) is 3. The molecule has 0 aliphatic heterocycles. The first kappa shape index (κ1) is 33.9. The summed E-state index contributed by atoms with van der Waals surface area (Å²) in [6.45, 7) is 12.7. The van der Waals surface area contributed by atoms with Gasteiger partial charge >= 0.3 is 0 Å². The first-order chi connectivity index (χ1) is 25.7. The smallest absolute Gasteiger partial charge is 0.149 e. The summed E-state index contributed by atoms with van der Waals surface area (Å²) in [5, 5.41) is 11.6. The highest BCUT2D eigenvalue weighted by Crippen LogP contribution is 2.41. The molecule has 0 amide bonds. The van der Waals surface area contributed by atoms with Crippen LogP contribution in [0.3, 0.4) is 0 Å². The monoisotopic (exact) mass is 689 g/mol. The summed E-state index contributed by atoms with van der Waals surface area (Å²) >= 11 is 0. The van der Waals surface area contributed by atoms with E-state index in [4.69, 9.17) is 9.97 Å². The van der Waals surface area contributed by atoms with Crippen molar-refractivity contribution < 1.29 is 5.11 Å². The topological polar surface area (TPSA) is 50.9 Å². The highest BCUT2D eigenvalue weighted by Gasteiger charge is 2.23. The van der Waals surface area contributed by atoms with Crippen molar-refractivity contribution in [2.24, 2.45) is 0 Å². The van der Waals surface area contributed by atoms with Gasteiger partial charge in [-0.05, 0) is 127 Å². The molecule has 2 aromatic heterocycles. The lowest BCUT2D eigenvalue weighted by atomic mass is 9.91. The second-order valence-electron chi connectivity index (χ2n) is 14.4. The SMILES string of the molecule is Cc1cc(C)c(O)c(-c2nc3c(-c4cc(-c5cc(-c6ccccc6)c(C)cn5)c(C)cc4C)cccc3n2-c2cccc(C(C)c3ccccc3)c2)c1. The molecule has 0 saturated heterocycles. The average Bonchev–Trinajstić information content (AvgIpc) is 3.57. The summed E-state index contributed by atoms with van der Waals surface area (Å²) < 4.78 is 2.21. The van der Waals surface area contributed by atoms with Crippen molar-refractivity contribution >= 4 is 11.0 Å².